The first-order valence-electron chi connectivity index (χ1n) is 2.37. The van der Waals surface area contributed by atoms with Crippen molar-refractivity contribution in [3.05, 3.63) is 0 Å². The fourth-order valence-corrected chi connectivity index (χ4v) is 1.13. The Kier molecular flexibility index (Phi) is 6.23. The van der Waals surface area contributed by atoms with E-state index in [2.05, 4.69) is 4.52 Å². The van der Waals surface area contributed by atoms with E-state index in [0.717, 1.165) is 6.66 Å². The van der Waals surface area contributed by atoms with Gasteiger partial charge in [0.2, 0.25) is 0 Å². The Hall–Kier alpha value is 0.717. The number of rotatable bonds is 2. The van der Waals surface area contributed by atoms with Crippen molar-refractivity contribution in [2.75, 3.05) is 6.66 Å². The van der Waals surface area contributed by atoms with Crippen LogP contribution in [0.5, 0.6) is 0 Å². The fraction of sp³-hybridized carbons (Fsp3) is 1.00. The van der Waals surface area contributed by atoms with Crippen LogP contribution in [0, 0.1) is 0 Å². The van der Waals surface area contributed by atoms with Gasteiger partial charge >= 0.3 is 7.68 Å². The van der Waals surface area contributed by atoms with E-state index in [4.69, 9.17) is 0 Å². The van der Waals surface area contributed by atoms with E-state index < -0.39 is 7.68 Å². The number of hydrogen-bond acceptors (Lipinski definition) is 2. The predicted molar refractivity (Wildman–Crippen MR) is 36.6 cm³/mol. The van der Waals surface area contributed by atoms with Gasteiger partial charge in [0.05, 0.1) is 6.10 Å². The van der Waals surface area contributed by atoms with Crippen molar-refractivity contribution in [1.82, 2.24) is 0 Å². The maximum absolute atomic E-state index is 12.0. The Balaban J connectivity index is 0. The summed E-state index contributed by atoms with van der Waals surface area (Å²) in [6.07, 6.45) is -0.296. The average molecular weight is 147 g/mol. The van der Waals surface area contributed by atoms with Crippen molar-refractivity contribution in [1.29, 1.82) is 0 Å². The van der Waals surface area contributed by atoms with Gasteiger partial charge in [0, 0.05) is 25.5 Å². The molecule has 1 atom stereocenters. The largest absolute Gasteiger partial charge is 0.364 e. The zero-order chi connectivity index (χ0) is 6.78. The second-order valence-corrected chi connectivity index (χ2v) is 3.61. The summed E-state index contributed by atoms with van der Waals surface area (Å²) < 4.78 is 26.4. The molecule has 0 aliphatic carbocycles. The quantitative estimate of drug-likeness (QED) is 0.439. The van der Waals surface area contributed by atoms with Gasteiger partial charge in [-0.2, -0.15) is 4.20 Å². The van der Waals surface area contributed by atoms with Crippen LogP contribution in [-0.2, 0) is 9.09 Å². The third kappa shape index (κ3) is 12.0. The molecular formula is C4H10FLiO2P. The average Bonchev–Trinajstić information content (AvgIpc) is 1.21. The summed E-state index contributed by atoms with van der Waals surface area (Å²) in [4.78, 5) is 0. The summed E-state index contributed by atoms with van der Waals surface area (Å²) in [5, 5.41) is 0. The maximum Gasteiger partial charge on any atom is 0.364 e. The van der Waals surface area contributed by atoms with Crippen molar-refractivity contribution in [2.45, 2.75) is 20.0 Å². The van der Waals surface area contributed by atoms with Gasteiger partial charge in [0.15, 0.2) is 0 Å². The van der Waals surface area contributed by atoms with Crippen LogP contribution in [0.2, 0.25) is 0 Å². The molecule has 9 heavy (non-hydrogen) atoms. The summed E-state index contributed by atoms with van der Waals surface area (Å²) in [6.45, 7) is 4.22. The molecule has 0 amide bonds. The zero-order valence-corrected chi connectivity index (χ0v) is 7.11. The smallest absolute Gasteiger partial charge is 0.303 e. The summed E-state index contributed by atoms with van der Waals surface area (Å²) in [5.74, 6) is 0. The van der Waals surface area contributed by atoms with Crippen molar-refractivity contribution in [2.24, 2.45) is 0 Å². The Bertz CT molecular complexity index is 111. The third-order valence-electron chi connectivity index (χ3n) is 0.399. The molecule has 51 valence electrons. The van der Waals surface area contributed by atoms with E-state index in [9.17, 15) is 8.76 Å². The SMILES string of the molecule is CC(C)OP(C)(=O)F.[Li]. The maximum atomic E-state index is 12.0. The third-order valence-corrected chi connectivity index (χ3v) is 1.20. The first-order chi connectivity index (χ1) is 3.42. The molecule has 0 aromatic heterocycles. The van der Waals surface area contributed by atoms with E-state index in [0.29, 0.717) is 0 Å². The Morgan fingerprint density at radius 1 is 1.56 bits per heavy atom. The van der Waals surface area contributed by atoms with Gasteiger partial charge in [-0.25, -0.2) is 0 Å². The molecule has 0 heterocycles. The van der Waals surface area contributed by atoms with Gasteiger partial charge in [-0.1, -0.05) is 0 Å². The van der Waals surface area contributed by atoms with Gasteiger partial charge < -0.3 is 4.52 Å². The van der Waals surface area contributed by atoms with Crippen LogP contribution in [0.25, 0.3) is 0 Å². The van der Waals surface area contributed by atoms with Gasteiger partial charge in [0.1, 0.15) is 0 Å². The molecule has 0 N–H and O–H groups in total. The second kappa shape index (κ2) is 4.52. The molecule has 0 spiro atoms. The van der Waals surface area contributed by atoms with Gasteiger partial charge in [-0.3, -0.25) is 4.57 Å². The second-order valence-electron chi connectivity index (χ2n) is 1.90. The Labute approximate surface area is 66.9 Å². The molecule has 0 aliphatic heterocycles. The molecule has 0 rings (SSSR count). The zero-order valence-electron chi connectivity index (χ0n) is 6.22. The standard InChI is InChI=1S/C4H10FO2P.Li/c1-4(2)7-8(3,5)6;/h4H,1-3H3;. The molecule has 1 unspecified atom stereocenters. The van der Waals surface area contributed by atoms with Gasteiger partial charge in [-0.05, 0) is 13.8 Å². The molecule has 2 nitrogen and oxygen atoms in total. The Morgan fingerprint density at radius 3 is 1.89 bits per heavy atom. The molecule has 0 aromatic carbocycles. The van der Waals surface area contributed by atoms with Crippen molar-refractivity contribution in [3.8, 4) is 0 Å². The minimum Gasteiger partial charge on any atom is -0.303 e. The predicted octanol–water partition coefficient (Wildman–Crippen LogP) is 1.82. The van der Waals surface area contributed by atoms with Gasteiger partial charge in [-0.15, -0.1) is 0 Å². The van der Waals surface area contributed by atoms with Crippen LogP contribution >= 0.6 is 7.68 Å². The normalized spacial score (nSPS) is 16.6. The molecule has 0 saturated heterocycles. The van der Waals surface area contributed by atoms with Crippen LogP contribution in [0.1, 0.15) is 13.8 Å². The van der Waals surface area contributed by atoms with E-state index in [-0.39, 0.29) is 25.0 Å². The topological polar surface area (TPSA) is 26.3 Å². The molecule has 0 aromatic rings. The summed E-state index contributed by atoms with van der Waals surface area (Å²) >= 11 is 0. The van der Waals surface area contributed by atoms with E-state index in [1.54, 1.807) is 13.8 Å². The molecule has 0 bridgehead atoms. The monoisotopic (exact) mass is 147 g/mol. The molecular weight excluding hydrogens is 137 g/mol. The van der Waals surface area contributed by atoms with Crippen LogP contribution in [0.3, 0.4) is 0 Å². The van der Waals surface area contributed by atoms with Crippen LogP contribution in [0.15, 0.2) is 0 Å². The summed E-state index contributed by atoms with van der Waals surface area (Å²) in [5.41, 5.74) is 0. The van der Waals surface area contributed by atoms with Crippen molar-refractivity contribution < 1.29 is 13.3 Å². The van der Waals surface area contributed by atoms with Gasteiger partial charge in [0.25, 0.3) is 0 Å². The van der Waals surface area contributed by atoms with E-state index >= 15 is 0 Å². The van der Waals surface area contributed by atoms with Crippen molar-refractivity contribution in [3.63, 3.8) is 0 Å². The molecule has 0 fully saturated rings. The van der Waals surface area contributed by atoms with Crippen LogP contribution in [0.4, 0.5) is 4.20 Å². The Morgan fingerprint density at radius 2 is 1.89 bits per heavy atom. The van der Waals surface area contributed by atoms with Crippen LogP contribution < -0.4 is 0 Å². The van der Waals surface area contributed by atoms with Crippen molar-refractivity contribution >= 4 is 26.5 Å². The first kappa shape index (κ1) is 12.4. The molecule has 1 radical (unpaired) electrons. The fourth-order valence-electron chi connectivity index (χ4n) is 0.377. The van der Waals surface area contributed by atoms with Crippen LogP contribution in [-0.4, -0.2) is 31.6 Å². The number of halogens is 1. The summed E-state index contributed by atoms with van der Waals surface area (Å²) in [7, 11) is -3.72. The van der Waals surface area contributed by atoms with E-state index in [1.165, 1.54) is 0 Å². The molecule has 0 aliphatic rings. The molecule has 5 heteroatoms. The minimum absolute atomic E-state index is 0. The summed E-state index contributed by atoms with van der Waals surface area (Å²) in [6, 6.07) is 0. The first-order valence-corrected chi connectivity index (χ1v) is 4.33. The minimum atomic E-state index is -3.72. The molecule has 0 saturated carbocycles. The van der Waals surface area contributed by atoms with E-state index in [1.807, 2.05) is 0 Å². The number of hydrogen-bond donors (Lipinski definition) is 0.